The lowest BCUT2D eigenvalue weighted by Gasteiger charge is -2.31. The molecule has 0 aliphatic heterocycles. The van der Waals surface area contributed by atoms with Gasteiger partial charge in [0, 0.05) is 32.4 Å². The van der Waals surface area contributed by atoms with Crippen LogP contribution in [0.5, 0.6) is 0 Å². The van der Waals surface area contributed by atoms with Gasteiger partial charge in [0.1, 0.15) is 5.82 Å². The van der Waals surface area contributed by atoms with Gasteiger partial charge in [0.15, 0.2) is 0 Å². The molecule has 0 aliphatic carbocycles. The number of nitrogens with zero attached hydrogens (tertiary/aromatic N) is 2. The molecule has 0 fully saturated rings. The zero-order valence-electron chi connectivity index (χ0n) is 14.3. The summed E-state index contributed by atoms with van der Waals surface area (Å²) in [5.41, 5.74) is 2.49. The van der Waals surface area contributed by atoms with E-state index in [9.17, 15) is 0 Å². The number of ether oxygens (including phenoxy) is 1. The van der Waals surface area contributed by atoms with Crippen molar-refractivity contribution in [2.75, 3.05) is 31.7 Å². The van der Waals surface area contributed by atoms with E-state index < -0.39 is 0 Å². The zero-order valence-corrected chi connectivity index (χ0v) is 14.3. The summed E-state index contributed by atoms with van der Waals surface area (Å²) >= 11 is 0. The molecule has 0 saturated carbocycles. The highest BCUT2D eigenvalue weighted by atomic mass is 16.5. The molecule has 1 aromatic rings. The first-order valence-electron chi connectivity index (χ1n) is 8.05. The molecule has 1 N–H and O–H groups in total. The summed E-state index contributed by atoms with van der Waals surface area (Å²) in [5, 5.41) is 3.42. The number of nitrogens with one attached hydrogen (secondary N) is 1. The van der Waals surface area contributed by atoms with Crippen LogP contribution in [0.1, 0.15) is 44.7 Å². The number of hydrogen-bond acceptors (Lipinski definition) is 4. The highest BCUT2D eigenvalue weighted by Gasteiger charge is 2.16. The number of aromatic nitrogens is 1. The topological polar surface area (TPSA) is 37.4 Å². The Morgan fingerprint density at radius 1 is 1.38 bits per heavy atom. The first-order chi connectivity index (χ1) is 10.1. The lowest BCUT2D eigenvalue weighted by atomic mass is 10.1. The van der Waals surface area contributed by atoms with Crippen molar-refractivity contribution in [2.45, 2.75) is 53.1 Å². The van der Waals surface area contributed by atoms with Gasteiger partial charge >= 0.3 is 0 Å². The maximum absolute atomic E-state index is 5.24. The Balaban J connectivity index is 2.83. The smallest absolute Gasteiger partial charge is 0.131 e. The molecular formula is C17H31N3O. The molecule has 1 unspecified atom stereocenters. The van der Waals surface area contributed by atoms with Crippen LogP contribution in [0, 0.1) is 6.92 Å². The Morgan fingerprint density at radius 3 is 2.71 bits per heavy atom. The number of methoxy groups -OCH3 is 1. The van der Waals surface area contributed by atoms with Crippen LogP contribution in [-0.2, 0) is 11.3 Å². The largest absolute Gasteiger partial charge is 0.383 e. The fraction of sp³-hybridized carbons (Fsp3) is 0.706. The second-order valence-electron chi connectivity index (χ2n) is 5.60. The lowest BCUT2D eigenvalue weighted by molar-refractivity contribution is 0.203. The van der Waals surface area contributed by atoms with Gasteiger partial charge < -0.3 is 15.0 Å². The minimum atomic E-state index is 0.468. The van der Waals surface area contributed by atoms with Crippen LogP contribution in [0.15, 0.2) is 12.3 Å². The molecule has 4 nitrogen and oxygen atoms in total. The molecule has 1 aromatic heterocycles. The monoisotopic (exact) mass is 293 g/mol. The molecule has 1 rings (SSSR count). The highest BCUT2D eigenvalue weighted by molar-refractivity contribution is 5.48. The van der Waals surface area contributed by atoms with E-state index in [2.05, 4.69) is 44.0 Å². The minimum absolute atomic E-state index is 0.468. The molecule has 0 aromatic carbocycles. The van der Waals surface area contributed by atoms with E-state index >= 15 is 0 Å². The van der Waals surface area contributed by atoms with E-state index in [1.807, 2.05) is 6.20 Å². The third kappa shape index (κ3) is 5.64. The summed E-state index contributed by atoms with van der Waals surface area (Å²) in [5.74, 6) is 1.08. The summed E-state index contributed by atoms with van der Waals surface area (Å²) in [6.45, 7) is 12.3. The summed E-state index contributed by atoms with van der Waals surface area (Å²) in [6, 6.07) is 2.71. The van der Waals surface area contributed by atoms with E-state index in [1.54, 1.807) is 7.11 Å². The maximum Gasteiger partial charge on any atom is 0.131 e. The Kier molecular flexibility index (Phi) is 8.31. The van der Waals surface area contributed by atoms with Crippen molar-refractivity contribution >= 4 is 5.82 Å². The molecular weight excluding hydrogens is 262 g/mol. The van der Waals surface area contributed by atoms with Gasteiger partial charge in [-0.05, 0) is 50.4 Å². The minimum Gasteiger partial charge on any atom is -0.383 e. The third-order valence-corrected chi connectivity index (χ3v) is 3.79. The summed E-state index contributed by atoms with van der Waals surface area (Å²) in [6.07, 6.45) is 4.25. The number of aryl methyl sites for hydroxylation is 1. The van der Waals surface area contributed by atoms with Crippen molar-refractivity contribution in [3.63, 3.8) is 0 Å². The average Bonchev–Trinajstić information content (AvgIpc) is 2.49. The van der Waals surface area contributed by atoms with Gasteiger partial charge in [0.2, 0.25) is 0 Å². The van der Waals surface area contributed by atoms with Crippen LogP contribution < -0.4 is 10.2 Å². The van der Waals surface area contributed by atoms with Crippen molar-refractivity contribution in [3.05, 3.63) is 23.4 Å². The van der Waals surface area contributed by atoms with Gasteiger partial charge in [-0.2, -0.15) is 0 Å². The molecule has 0 saturated heterocycles. The Morgan fingerprint density at radius 2 is 2.14 bits per heavy atom. The second kappa shape index (κ2) is 9.74. The fourth-order valence-electron chi connectivity index (χ4n) is 2.38. The standard InChI is InChI=1S/C17H31N3O/c1-6-8-18-12-16-11-14(3)17(19-13-16)20(9-10-21-5)15(4)7-2/h11,13,15,18H,6-10,12H2,1-5H3. The van der Waals surface area contributed by atoms with Crippen LogP contribution in [0.2, 0.25) is 0 Å². The van der Waals surface area contributed by atoms with Crippen LogP contribution >= 0.6 is 0 Å². The normalized spacial score (nSPS) is 12.4. The van der Waals surface area contributed by atoms with E-state index in [4.69, 9.17) is 9.72 Å². The Labute approximate surface area is 129 Å². The summed E-state index contributed by atoms with van der Waals surface area (Å²) in [4.78, 5) is 7.06. The van der Waals surface area contributed by atoms with Gasteiger partial charge in [-0.25, -0.2) is 4.98 Å². The van der Waals surface area contributed by atoms with E-state index in [-0.39, 0.29) is 0 Å². The summed E-state index contributed by atoms with van der Waals surface area (Å²) in [7, 11) is 1.75. The predicted octanol–water partition coefficient (Wildman–Crippen LogP) is 3.14. The first kappa shape index (κ1) is 17.9. The van der Waals surface area contributed by atoms with Gasteiger partial charge in [-0.1, -0.05) is 13.8 Å². The predicted molar refractivity (Wildman–Crippen MR) is 89.9 cm³/mol. The Hall–Kier alpha value is -1.13. The van der Waals surface area contributed by atoms with Crippen molar-refractivity contribution in [2.24, 2.45) is 0 Å². The van der Waals surface area contributed by atoms with Gasteiger partial charge in [-0.3, -0.25) is 0 Å². The van der Waals surface area contributed by atoms with Gasteiger partial charge in [0.25, 0.3) is 0 Å². The first-order valence-corrected chi connectivity index (χ1v) is 8.05. The highest BCUT2D eigenvalue weighted by Crippen LogP contribution is 2.21. The molecule has 0 radical (unpaired) electrons. The molecule has 120 valence electrons. The van der Waals surface area contributed by atoms with Crippen molar-refractivity contribution in [1.82, 2.24) is 10.3 Å². The maximum atomic E-state index is 5.24. The molecule has 21 heavy (non-hydrogen) atoms. The molecule has 0 aliphatic rings. The fourth-order valence-corrected chi connectivity index (χ4v) is 2.38. The SMILES string of the molecule is CCCNCc1cnc(N(CCOC)C(C)CC)c(C)c1. The van der Waals surface area contributed by atoms with E-state index in [0.29, 0.717) is 6.04 Å². The number of pyridine rings is 1. The third-order valence-electron chi connectivity index (χ3n) is 3.79. The van der Waals surface area contributed by atoms with Crippen molar-refractivity contribution < 1.29 is 4.74 Å². The molecule has 0 bridgehead atoms. The van der Waals surface area contributed by atoms with Crippen molar-refractivity contribution in [1.29, 1.82) is 0 Å². The molecule has 0 spiro atoms. The van der Waals surface area contributed by atoms with Crippen LogP contribution in [0.4, 0.5) is 5.82 Å². The van der Waals surface area contributed by atoms with Crippen LogP contribution in [-0.4, -0.2) is 37.8 Å². The Bertz CT molecular complexity index is 409. The molecule has 0 amide bonds. The van der Waals surface area contributed by atoms with E-state index in [1.165, 1.54) is 11.1 Å². The van der Waals surface area contributed by atoms with Crippen LogP contribution in [0.3, 0.4) is 0 Å². The average molecular weight is 293 g/mol. The van der Waals surface area contributed by atoms with Crippen molar-refractivity contribution in [3.8, 4) is 0 Å². The summed E-state index contributed by atoms with van der Waals surface area (Å²) < 4.78 is 5.24. The number of rotatable bonds is 10. The molecule has 4 heteroatoms. The number of anilines is 1. The lowest BCUT2D eigenvalue weighted by Crippen LogP contribution is -2.36. The molecule has 1 heterocycles. The van der Waals surface area contributed by atoms with E-state index in [0.717, 1.165) is 44.9 Å². The van der Waals surface area contributed by atoms with Gasteiger partial charge in [-0.15, -0.1) is 0 Å². The van der Waals surface area contributed by atoms with Crippen LogP contribution in [0.25, 0.3) is 0 Å². The second-order valence-corrected chi connectivity index (χ2v) is 5.60. The molecule has 1 atom stereocenters. The van der Waals surface area contributed by atoms with Gasteiger partial charge in [0.05, 0.1) is 6.61 Å². The zero-order chi connectivity index (χ0) is 15.7. The number of hydrogen-bond donors (Lipinski definition) is 1. The quantitative estimate of drug-likeness (QED) is 0.673.